The van der Waals surface area contributed by atoms with Gasteiger partial charge in [-0.1, -0.05) is 0 Å². The number of rotatable bonds is 3. The van der Waals surface area contributed by atoms with Gasteiger partial charge < -0.3 is 5.11 Å². The summed E-state index contributed by atoms with van der Waals surface area (Å²) in [6.07, 6.45) is 0. The van der Waals surface area contributed by atoms with Crippen molar-refractivity contribution in [1.82, 2.24) is 9.80 Å². The van der Waals surface area contributed by atoms with Gasteiger partial charge in [-0.25, -0.2) is 4.39 Å². The number of aromatic hydroxyl groups is 1. The Morgan fingerprint density at radius 3 is 2.39 bits per heavy atom. The standard InChI is InChI=1S/C14H21FN2O/c1-11(2)17-5-3-16(4-6-17)10-12-7-13(15)9-14(18)8-12/h7-9,11,18H,3-6,10H2,1-2H3. The highest BCUT2D eigenvalue weighted by Crippen LogP contribution is 2.17. The van der Waals surface area contributed by atoms with Crippen molar-refractivity contribution in [3.05, 3.63) is 29.6 Å². The number of nitrogens with zero attached hydrogens (tertiary/aromatic N) is 2. The minimum atomic E-state index is -0.370. The second kappa shape index (κ2) is 5.67. The lowest BCUT2D eigenvalue weighted by atomic mass is 10.1. The Hall–Kier alpha value is -1.13. The van der Waals surface area contributed by atoms with E-state index in [4.69, 9.17) is 0 Å². The van der Waals surface area contributed by atoms with Crippen LogP contribution >= 0.6 is 0 Å². The molecule has 0 amide bonds. The van der Waals surface area contributed by atoms with Crippen LogP contribution in [0.5, 0.6) is 5.75 Å². The molecule has 0 spiro atoms. The van der Waals surface area contributed by atoms with E-state index in [1.165, 1.54) is 6.07 Å². The highest BCUT2D eigenvalue weighted by molar-refractivity contribution is 5.28. The largest absolute Gasteiger partial charge is 0.508 e. The molecular formula is C14H21FN2O. The molecule has 0 radical (unpaired) electrons. The molecule has 3 nitrogen and oxygen atoms in total. The minimum absolute atomic E-state index is 0.00539. The lowest BCUT2D eigenvalue weighted by Gasteiger charge is -2.36. The fourth-order valence-corrected chi connectivity index (χ4v) is 2.42. The Morgan fingerprint density at radius 2 is 1.83 bits per heavy atom. The van der Waals surface area contributed by atoms with Gasteiger partial charge in [-0.15, -0.1) is 0 Å². The van der Waals surface area contributed by atoms with Crippen LogP contribution in [0.15, 0.2) is 18.2 Å². The van der Waals surface area contributed by atoms with Gasteiger partial charge in [0.25, 0.3) is 0 Å². The van der Waals surface area contributed by atoms with Crippen LogP contribution in [0.1, 0.15) is 19.4 Å². The van der Waals surface area contributed by atoms with Gasteiger partial charge in [-0.2, -0.15) is 0 Å². The van der Waals surface area contributed by atoms with Crippen molar-refractivity contribution < 1.29 is 9.50 Å². The van der Waals surface area contributed by atoms with Crippen LogP contribution in [0.25, 0.3) is 0 Å². The van der Waals surface area contributed by atoms with Gasteiger partial charge in [0.2, 0.25) is 0 Å². The molecule has 0 bridgehead atoms. The lowest BCUT2D eigenvalue weighted by Crippen LogP contribution is -2.48. The topological polar surface area (TPSA) is 26.7 Å². The molecule has 2 rings (SSSR count). The zero-order valence-corrected chi connectivity index (χ0v) is 11.1. The van der Waals surface area contributed by atoms with Crippen LogP contribution in [0.2, 0.25) is 0 Å². The smallest absolute Gasteiger partial charge is 0.127 e. The summed E-state index contributed by atoms with van der Waals surface area (Å²) in [6, 6.07) is 4.86. The van der Waals surface area contributed by atoms with E-state index in [0.29, 0.717) is 12.6 Å². The molecule has 1 fully saturated rings. The van der Waals surface area contributed by atoms with Crippen molar-refractivity contribution in [3.8, 4) is 5.75 Å². The number of phenolic OH excluding ortho intramolecular Hbond substituents is 1. The monoisotopic (exact) mass is 252 g/mol. The van der Waals surface area contributed by atoms with Crippen LogP contribution in [0.4, 0.5) is 4.39 Å². The van der Waals surface area contributed by atoms with Gasteiger partial charge in [0.1, 0.15) is 11.6 Å². The first kappa shape index (κ1) is 13.3. The van der Waals surface area contributed by atoms with Crippen molar-refractivity contribution in [2.75, 3.05) is 26.2 Å². The molecule has 0 aliphatic carbocycles. The van der Waals surface area contributed by atoms with Crippen molar-refractivity contribution >= 4 is 0 Å². The Balaban J connectivity index is 1.91. The Kier molecular flexibility index (Phi) is 4.19. The number of halogens is 1. The van der Waals surface area contributed by atoms with Gasteiger partial charge in [0, 0.05) is 44.8 Å². The summed E-state index contributed by atoms with van der Waals surface area (Å²) in [5.41, 5.74) is 0.838. The summed E-state index contributed by atoms with van der Waals surface area (Å²) in [5.74, 6) is -0.364. The summed E-state index contributed by atoms with van der Waals surface area (Å²) >= 11 is 0. The average Bonchev–Trinajstić information content (AvgIpc) is 2.28. The van der Waals surface area contributed by atoms with Crippen LogP contribution < -0.4 is 0 Å². The molecule has 1 saturated heterocycles. The maximum absolute atomic E-state index is 13.2. The number of piperazine rings is 1. The second-order valence-corrected chi connectivity index (χ2v) is 5.22. The molecule has 1 heterocycles. The average molecular weight is 252 g/mol. The number of hydrogen-bond donors (Lipinski definition) is 1. The van der Waals surface area contributed by atoms with E-state index < -0.39 is 0 Å². The van der Waals surface area contributed by atoms with Gasteiger partial charge in [-0.05, 0) is 31.5 Å². The molecule has 0 aromatic heterocycles. The Bertz CT molecular complexity index is 381. The molecule has 100 valence electrons. The van der Waals surface area contributed by atoms with Crippen LogP contribution in [-0.2, 0) is 6.54 Å². The summed E-state index contributed by atoms with van der Waals surface area (Å²) in [6.45, 7) is 9.22. The molecule has 4 heteroatoms. The number of hydrogen-bond acceptors (Lipinski definition) is 3. The maximum Gasteiger partial charge on any atom is 0.127 e. The lowest BCUT2D eigenvalue weighted by molar-refractivity contribution is 0.104. The fraction of sp³-hybridized carbons (Fsp3) is 0.571. The predicted molar refractivity (Wildman–Crippen MR) is 70.1 cm³/mol. The van der Waals surface area contributed by atoms with E-state index in [-0.39, 0.29) is 11.6 Å². The van der Waals surface area contributed by atoms with E-state index >= 15 is 0 Å². The molecule has 0 unspecified atom stereocenters. The second-order valence-electron chi connectivity index (χ2n) is 5.22. The van der Waals surface area contributed by atoms with E-state index in [1.807, 2.05) is 0 Å². The fourth-order valence-electron chi connectivity index (χ4n) is 2.42. The Morgan fingerprint density at radius 1 is 1.17 bits per heavy atom. The van der Waals surface area contributed by atoms with Crippen LogP contribution in [0.3, 0.4) is 0 Å². The quantitative estimate of drug-likeness (QED) is 0.892. The third kappa shape index (κ3) is 3.43. The van der Waals surface area contributed by atoms with Crippen LogP contribution in [0, 0.1) is 5.82 Å². The molecule has 0 atom stereocenters. The summed E-state index contributed by atoms with van der Waals surface area (Å²) in [7, 11) is 0. The van der Waals surface area contributed by atoms with Gasteiger partial charge in [-0.3, -0.25) is 9.80 Å². The third-order valence-electron chi connectivity index (χ3n) is 3.49. The number of benzene rings is 1. The summed E-state index contributed by atoms with van der Waals surface area (Å²) < 4.78 is 13.2. The number of phenols is 1. The SMILES string of the molecule is CC(C)N1CCN(Cc2cc(O)cc(F)c2)CC1. The zero-order valence-electron chi connectivity index (χ0n) is 11.1. The molecule has 18 heavy (non-hydrogen) atoms. The first-order valence-corrected chi connectivity index (χ1v) is 6.49. The highest BCUT2D eigenvalue weighted by atomic mass is 19.1. The van der Waals surface area contributed by atoms with E-state index in [9.17, 15) is 9.50 Å². The van der Waals surface area contributed by atoms with Crippen molar-refractivity contribution in [2.45, 2.75) is 26.4 Å². The van der Waals surface area contributed by atoms with Gasteiger partial charge in [0.15, 0.2) is 0 Å². The minimum Gasteiger partial charge on any atom is -0.508 e. The maximum atomic E-state index is 13.2. The van der Waals surface area contributed by atoms with E-state index in [2.05, 4.69) is 23.6 Å². The molecule has 1 aliphatic heterocycles. The van der Waals surface area contributed by atoms with Crippen molar-refractivity contribution in [3.63, 3.8) is 0 Å². The predicted octanol–water partition coefficient (Wildman–Crippen LogP) is 2.06. The highest BCUT2D eigenvalue weighted by Gasteiger charge is 2.18. The first-order valence-electron chi connectivity index (χ1n) is 6.49. The first-order chi connectivity index (χ1) is 8.54. The van der Waals surface area contributed by atoms with Crippen molar-refractivity contribution in [1.29, 1.82) is 0 Å². The molecule has 1 aromatic rings. The van der Waals surface area contributed by atoms with Gasteiger partial charge >= 0.3 is 0 Å². The molecule has 1 N–H and O–H groups in total. The van der Waals surface area contributed by atoms with Gasteiger partial charge in [0.05, 0.1) is 0 Å². The van der Waals surface area contributed by atoms with Crippen LogP contribution in [-0.4, -0.2) is 47.1 Å². The summed E-state index contributed by atoms with van der Waals surface area (Å²) in [4.78, 5) is 4.74. The van der Waals surface area contributed by atoms with E-state index in [0.717, 1.165) is 37.8 Å². The zero-order chi connectivity index (χ0) is 13.1. The Labute approximate surface area is 108 Å². The molecule has 0 saturated carbocycles. The molecular weight excluding hydrogens is 231 g/mol. The molecule has 1 aliphatic rings. The normalized spacial score (nSPS) is 18.4. The third-order valence-corrected chi connectivity index (χ3v) is 3.49. The van der Waals surface area contributed by atoms with E-state index in [1.54, 1.807) is 6.07 Å². The summed E-state index contributed by atoms with van der Waals surface area (Å²) in [5, 5.41) is 9.37. The molecule has 1 aromatic carbocycles. The van der Waals surface area contributed by atoms with Crippen molar-refractivity contribution in [2.24, 2.45) is 0 Å².